The number of benzene rings is 1. The molecular weight excluding hydrogens is 274 g/mol. The Kier molecular flexibility index (Phi) is 5.11. The normalized spacial score (nSPS) is 27.0. The smallest absolute Gasteiger partial charge is 0.223 e. The monoisotopic (exact) mass is 301 g/mol. The Morgan fingerprint density at radius 2 is 1.86 bits per heavy atom. The van der Waals surface area contributed by atoms with Gasteiger partial charge in [0.1, 0.15) is 0 Å². The fraction of sp³-hybridized carbons (Fsp3) is 0.611. The summed E-state index contributed by atoms with van der Waals surface area (Å²) in [6.07, 6.45) is 4.92. The molecule has 1 aliphatic heterocycles. The number of nitrogens with two attached hydrogens (primary N) is 1. The zero-order valence-electron chi connectivity index (χ0n) is 13.2. The predicted molar refractivity (Wildman–Crippen MR) is 88.2 cm³/mol. The van der Waals surface area contributed by atoms with Crippen LogP contribution in [0, 0.1) is 5.92 Å². The predicted octanol–water partition coefficient (Wildman–Crippen LogP) is 1.89. The van der Waals surface area contributed by atoms with Crippen LogP contribution in [0.5, 0.6) is 0 Å². The average molecular weight is 301 g/mol. The summed E-state index contributed by atoms with van der Waals surface area (Å²) in [6.45, 7) is 3.13. The van der Waals surface area contributed by atoms with Crippen molar-refractivity contribution in [2.24, 2.45) is 11.7 Å². The van der Waals surface area contributed by atoms with Crippen LogP contribution in [0.25, 0.3) is 0 Å². The van der Waals surface area contributed by atoms with Crippen molar-refractivity contribution < 1.29 is 4.79 Å². The minimum atomic E-state index is 0.150. The Balaban J connectivity index is 1.41. The number of rotatable bonds is 4. The molecule has 2 unspecified atom stereocenters. The van der Waals surface area contributed by atoms with E-state index in [1.165, 1.54) is 5.56 Å². The maximum atomic E-state index is 12.3. The molecule has 4 heteroatoms. The third-order valence-corrected chi connectivity index (χ3v) is 5.03. The zero-order chi connectivity index (χ0) is 15.4. The molecule has 0 radical (unpaired) electrons. The third-order valence-electron chi connectivity index (χ3n) is 5.03. The highest BCUT2D eigenvalue weighted by Gasteiger charge is 2.29. The van der Waals surface area contributed by atoms with Gasteiger partial charge < -0.3 is 11.1 Å². The minimum absolute atomic E-state index is 0.150. The lowest BCUT2D eigenvalue weighted by Crippen LogP contribution is -2.46. The number of piperidine rings is 1. The summed E-state index contributed by atoms with van der Waals surface area (Å²) >= 11 is 0. The van der Waals surface area contributed by atoms with Crippen molar-refractivity contribution in [3.63, 3.8) is 0 Å². The van der Waals surface area contributed by atoms with Crippen LogP contribution in [0.4, 0.5) is 0 Å². The van der Waals surface area contributed by atoms with Crippen LogP contribution in [-0.4, -0.2) is 36.0 Å². The van der Waals surface area contributed by atoms with Crippen LogP contribution in [0.15, 0.2) is 30.3 Å². The lowest BCUT2D eigenvalue weighted by molar-refractivity contribution is -0.125. The largest absolute Gasteiger partial charge is 0.353 e. The van der Waals surface area contributed by atoms with E-state index in [0.29, 0.717) is 6.04 Å². The van der Waals surface area contributed by atoms with Gasteiger partial charge in [0, 0.05) is 37.6 Å². The second-order valence-electron chi connectivity index (χ2n) is 6.81. The Labute approximate surface area is 133 Å². The molecule has 3 N–H and O–H groups in total. The van der Waals surface area contributed by atoms with E-state index < -0.39 is 0 Å². The first-order chi connectivity index (χ1) is 10.7. The molecular formula is C18H27N3O. The summed E-state index contributed by atoms with van der Waals surface area (Å²) in [4.78, 5) is 14.7. The molecule has 1 saturated carbocycles. The van der Waals surface area contributed by atoms with Crippen LogP contribution >= 0.6 is 0 Å². The van der Waals surface area contributed by atoms with Gasteiger partial charge in [0.15, 0.2) is 0 Å². The second kappa shape index (κ2) is 7.25. The van der Waals surface area contributed by atoms with Crippen molar-refractivity contribution in [1.29, 1.82) is 0 Å². The van der Waals surface area contributed by atoms with Crippen LogP contribution in [0.3, 0.4) is 0 Å². The number of nitrogens with zero attached hydrogens (tertiary/aromatic N) is 1. The van der Waals surface area contributed by atoms with E-state index in [-0.39, 0.29) is 17.9 Å². The highest BCUT2D eigenvalue weighted by Crippen LogP contribution is 2.24. The topological polar surface area (TPSA) is 58.4 Å². The van der Waals surface area contributed by atoms with Gasteiger partial charge in [-0.05, 0) is 37.7 Å². The Hall–Kier alpha value is -1.39. The summed E-state index contributed by atoms with van der Waals surface area (Å²) in [6, 6.07) is 11.2. The average Bonchev–Trinajstić information content (AvgIpc) is 2.97. The van der Waals surface area contributed by atoms with Crippen molar-refractivity contribution in [2.75, 3.05) is 13.1 Å². The lowest BCUT2D eigenvalue weighted by Gasteiger charge is -2.32. The SMILES string of the molecule is NC1CCC(C(=O)NC2CCN(Cc3ccccc3)CC2)C1. The summed E-state index contributed by atoms with van der Waals surface area (Å²) in [7, 11) is 0. The van der Waals surface area contributed by atoms with E-state index in [0.717, 1.165) is 51.7 Å². The number of amides is 1. The minimum Gasteiger partial charge on any atom is -0.353 e. The molecule has 4 nitrogen and oxygen atoms in total. The molecule has 2 atom stereocenters. The Bertz CT molecular complexity index is 482. The van der Waals surface area contributed by atoms with Gasteiger partial charge in [0.25, 0.3) is 0 Å². The number of carbonyl (C=O) groups is 1. The summed E-state index contributed by atoms with van der Waals surface area (Å²) in [5, 5.41) is 3.24. The van der Waals surface area contributed by atoms with Crippen LogP contribution in [-0.2, 0) is 11.3 Å². The summed E-state index contributed by atoms with van der Waals surface area (Å²) < 4.78 is 0. The molecule has 2 aliphatic rings. The van der Waals surface area contributed by atoms with E-state index in [9.17, 15) is 4.79 Å². The maximum Gasteiger partial charge on any atom is 0.223 e. The molecule has 1 aliphatic carbocycles. The van der Waals surface area contributed by atoms with Crippen molar-refractivity contribution in [1.82, 2.24) is 10.2 Å². The molecule has 0 spiro atoms. The van der Waals surface area contributed by atoms with Gasteiger partial charge in [0.2, 0.25) is 5.91 Å². The maximum absolute atomic E-state index is 12.3. The van der Waals surface area contributed by atoms with E-state index in [1.54, 1.807) is 0 Å². The van der Waals surface area contributed by atoms with Gasteiger partial charge in [-0.1, -0.05) is 30.3 Å². The molecule has 0 bridgehead atoms. The van der Waals surface area contributed by atoms with Crippen LogP contribution in [0.2, 0.25) is 0 Å². The fourth-order valence-electron chi connectivity index (χ4n) is 3.65. The van der Waals surface area contributed by atoms with Gasteiger partial charge in [0.05, 0.1) is 0 Å². The first kappa shape index (κ1) is 15.5. The lowest BCUT2D eigenvalue weighted by atomic mass is 10.0. The van der Waals surface area contributed by atoms with Gasteiger partial charge in [-0.25, -0.2) is 0 Å². The van der Waals surface area contributed by atoms with Crippen LogP contribution in [0.1, 0.15) is 37.7 Å². The summed E-state index contributed by atoms with van der Waals surface area (Å²) in [5.74, 6) is 0.381. The van der Waals surface area contributed by atoms with E-state index in [4.69, 9.17) is 5.73 Å². The number of hydrogen-bond acceptors (Lipinski definition) is 3. The van der Waals surface area contributed by atoms with Gasteiger partial charge >= 0.3 is 0 Å². The Morgan fingerprint density at radius 3 is 2.50 bits per heavy atom. The Morgan fingerprint density at radius 1 is 1.14 bits per heavy atom. The van der Waals surface area contributed by atoms with Crippen molar-refractivity contribution in [3.8, 4) is 0 Å². The third kappa shape index (κ3) is 4.08. The fourth-order valence-corrected chi connectivity index (χ4v) is 3.65. The number of carbonyl (C=O) groups excluding carboxylic acids is 1. The molecule has 1 amide bonds. The molecule has 0 aromatic heterocycles. The zero-order valence-corrected chi connectivity index (χ0v) is 13.2. The highest BCUT2D eigenvalue weighted by atomic mass is 16.1. The van der Waals surface area contributed by atoms with Gasteiger partial charge in [-0.3, -0.25) is 9.69 Å². The van der Waals surface area contributed by atoms with Crippen molar-refractivity contribution >= 4 is 5.91 Å². The number of hydrogen-bond donors (Lipinski definition) is 2. The van der Waals surface area contributed by atoms with E-state index in [1.807, 2.05) is 0 Å². The van der Waals surface area contributed by atoms with Gasteiger partial charge in [-0.15, -0.1) is 0 Å². The highest BCUT2D eigenvalue weighted by molar-refractivity contribution is 5.79. The first-order valence-corrected chi connectivity index (χ1v) is 8.53. The van der Waals surface area contributed by atoms with Crippen molar-refractivity contribution in [3.05, 3.63) is 35.9 Å². The van der Waals surface area contributed by atoms with E-state index in [2.05, 4.69) is 40.5 Å². The first-order valence-electron chi connectivity index (χ1n) is 8.53. The standard InChI is InChI=1S/C18H27N3O/c19-16-7-6-15(12-16)18(22)20-17-8-10-21(11-9-17)13-14-4-2-1-3-5-14/h1-5,15-17H,6-13,19H2,(H,20,22). The molecule has 1 heterocycles. The van der Waals surface area contributed by atoms with Gasteiger partial charge in [-0.2, -0.15) is 0 Å². The quantitative estimate of drug-likeness (QED) is 0.893. The molecule has 1 aromatic rings. The molecule has 1 aromatic carbocycles. The summed E-state index contributed by atoms with van der Waals surface area (Å²) in [5.41, 5.74) is 7.27. The number of nitrogens with one attached hydrogen (secondary N) is 1. The molecule has 120 valence electrons. The van der Waals surface area contributed by atoms with E-state index >= 15 is 0 Å². The van der Waals surface area contributed by atoms with Crippen LogP contribution < -0.4 is 11.1 Å². The second-order valence-corrected chi connectivity index (χ2v) is 6.81. The molecule has 1 saturated heterocycles. The molecule has 22 heavy (non-hydrogen) atoms. The molecule has 3 rings (SSSR count). The number of likely N-dealkylation sites (tertiary alicyclic amines) is 1. The van der Waals surface area contributed by atoms with Crippen molar-refractivity contribution in [2.45, 2.75) is 50.7 Å². The molecule has 2 fully saturated rings.